The van der Waals surface area contributed by atoms with Gasteiger partial charge in [0.15, 0.2) is 0 Å². The summed E-state index contributed by atoms with van der Waals surface area (Å²) in [5, 5.41) is -0.268. The van der Waals surface area contributed by atoms with Crippen LogP contribution in [0.5, 0.6) is 5.75 Å². The molecule has 0 aliphatic carbocycles. The Hall–Kier alpha value is -1.65. The van der Waals surface area contributed by atoms with E-state index in [1.54, 1.807) is 0 Å². The molecule has 0 fully saturated rings. The van der Waals surface area contributed by atoms with Gasteiger partial charge in [-0.05, 0) is 43.2 Å². The monoisotopic (exact) mass is 311 g/mol. The normalized spacial score (nSPS) is 12.3. The highest BCUT2D eigenvalue weighted by Crippen LogP contribution is 2.34. The van der Waals surface area contributed by atoms with Gasteiger partial charge in [0, 0.05) is 11.1 Å². The van der Waals surface area contributed by atoms with Crippen molar-refractivity contribution in [1.29, 1.82) is 0 Å². The lowest BCUT2D eigenvalue weighted by molar-refractivity contribution is 0.406. The van der Waals surface area contributed by atoms with Gasteiger partial charge < -0.3 is 10.5 Å². The molecule has 2 N–H and O–H groups in total. The van der Waals surface area contributed by atoms with Gasteiger partial charge in [0.1, 0.15) is 17.4 Å². The van der Waals surface area contributed by atoms with Crippen LogP contribution in [0.15, 0.2) is 24.3 Å². The largest absolute Gasteiger partial charge is 0.496 e. The molecule has 0 aliphatic rings. The Kier molecular flexibility index (Phi) is 4.49. The Balaban J connectivity index is 2.60. The maximum Gasteiger partial charge on any atom is 0.142 e. The van der Waals surface area contributed by atoms with Gasteiger partial charge in [-0.3, -0.25) is 0 Å². The summed E-state index contributed by atoms with van der Waals surface area (Å²) < 4.78 is 33.0. The molecule has 0 aromatic heterocycles. The van der Waals surface area contributed by atoms with E-state index in [-0.39, 0.29) is 10.6 Å². The molecule has 1 unspecified atom stereocenters. The van der Waals surface area contributed by atoms with Crippen molar-refractivity contribution in [2.75, 3.05) is 7.11 Å². The zero-order chi connectivity index (χ0) is 15.7. The summed E-state index contributed by atoms with van der Waals surface area (Å²) in [7, 11) is 1.52. The van der Waals surface area contributed by atoms with Crippen molar-refractivity contribution in [3.63, 3.8) is 0 Å². The van der Waals surface area contributed by atoms with Gasteiger partial charge in [-0.1, -0.05) is 17.7 Å². The Morgan fingerprint density at radius 2 is 1.76 bits per heavy atom. The predicted molar refractivity (Wildman–Crippen MR) is 79.9 cm³/mol. The molecule has 0 amide bonds. The van der Waals surface area contributed by atoms with E-state index in [1.807, 2.05) is 26.0 Å². The van der Waals surface area contributed by atoms with Crippen LogP contribution in [0.3, 0.4) is 0 Å². The smallest absolute Gasteiger partial charge is 0.142 e. The molecule has 0 heterocycles. The molecule has 0 bridgehead atoms. The van der Waals surface area contributed by atoms with Crippen LogP contribution in [0, 0.1) is 25.5 Å². The van der Waals surface area contributed by atoms with Gasteiger partial charge in [0.25, 0.3) is 0 Å². The van der Waals surface area contributed by atoms with Gasteiger partial charge in [-0.25, -0.2) is 8.78 Å². The summed E-state index contributed by atoms with van der Waals surface area (Å²) >= 11 is 5.57. The van der Waals surface area contributed by atoms with Crippen molar-refractivity contribution in [3.05, 3.63) is 63.2 Å². The zero-order valence-electron chi connectivity index (χ0n) is 12.0. The number of hydrogen-bond acceptors (Lipinski definition) is 2. The fourth-order valence-corrected chi connectivity index (χ4v) is 2.59. The fourth-order valence-electron chi connectivity index (χ4n) is 2.44. The van der Waals surface area contributed by atoms with Gasteiger partial charge in [0.2, 0.25) is 0 Å². The third-order valence-corrected chi connectivity index (χ3v) is 3.69. The Morgan fingerprint density at radius 3 is 2.38 bits per heavy atom. The molecule has 0 saturated carbocycles. The Labute approximate surface area is 127 Å². The summed E-state index contributed by atoms with van der Waals surface area (Å²) in [6.45, 7) is 3.78. The molecule has 2 aromatic rings. The highest BCUT2D eigenvalue weighted by Gasteiger charge is 2.21. The van der Waals surface area contributed by atoms with Crippen LogP contribution in [-0.4, -0.2) is 7.11 Å². The molecule has 0 aliphatic heterocycles. The van der Waals surface area contributed by atoms with Gasteiger partial charge >= 0.3 is 0 Å². The van der Waals surface area contributed by atoms with E-state index in [9.17, 15) is 8.78 Å². The van der Waals surface area contributed by atoms with E-state index in [0.717, 1.165) is 23.3 Å². The third-order valence-electron chi connectivity index (χ3n) is 3.40. The van der Waals surface area contributed by atoms with Crippen LogP contribution < -0.4 is 10.5 Å². The van der Waals surface area contributed by atoms with Crippen molar-refractivity contribution in [2.45, 2.75) is 19.9 Å². The van der Waals surface area contributed by atoms with Crippen LogP contribution in [0.2, 0.25) is 5.02 Å². The van der Waals surface area contributed by atoms with Crippen molar-refractivity contribution in [1.82, 2.24) is 0 Å². The second kappa shape index (κ2) is 6.00. The Morgan fingerprint density at radius 1 is 1.10 bits per heavy atom. The summed E-state index contributed by atoms with van der Waals surface area (Å²) in [6, 6.07) is 4.85. The summed E-state index contributed by atoms with van der Waals surface area (Å²) in [5.41, 5.74) is 8.66. The molecule has 2 aromatic carbocycles. The van der Waals surface area contributed by atoms with Crippen molar-refractivity contribution in [2.24, 2.45) is 5.73 Å². The third kappa shape index (κ3) is 3.01. The number of nitrogens with two attached hydrogens (primary N) is 1. The molecular weight excluding hydrogens is 296 g/mol. The first kappa shape index (κ1) is 15.7. The SMILES string of the molecule is COc1cc(C)cc(C)c1C(N)c1cc(F)c(Cl)cc1F. The fraction of sp³-hybridized carbons (Fsp3) is 0.250. The van der Waals surface area contributed by atoms with Crippen LogP contribution in [0.25, 0.3) is 0 Å². The molecule has 1 atom stereocenters. The molecule has 112 valence electrons. The Bertz CT molecular complexity index is 688. The summed E-state index contributed by atoms with van der Waals surface area (Å²) in [4.78, 5) is 0. The number of ether oxygens (including phenoxy) is 1. The number of hydrogen-bond donors (Lipinski definition) is 1. The molecule has 5 heteroatoms. The number of methoxy groups -OCH3 is 1. The molecule has 2 nitrogen and oxygen atoms in total. The van der Waals surface area contributed by atoms with E-state index in [1.165, 1.54) is 7.11 Å². The topological polar surface area (TPSA) is 35.2 Å². The maximum atomic E-state index is 14.0. The quantitative estimate of drug-likeness (QED) is 0.858. The van der Waals surface area contributed by atoms with Crippen molar-refractivity contribution >= 4 is 11.6 Å². The minimum atomic E-state index is -0.840. The highest BCUT2D eigenvalue weighted by molar-refractivity contribution is 6.30. The number of benzene rings is 2. The van der Waals surface area contributed by atoms with Crippen LogP contribution in [0.4, 0.5) is 8.78 Å². The van der Waals surface area contributed by atoms with E-state index < -0.39 is 17.7 Å². The van der Waals surface area contributed by atoms with Crippen LogP contribution in [-0.2, 0) is 0 Å². The molecule has 21 heavy (non-hydrogen) atoms. The number of halogens is 3. The van der Waals surface area contributed by atoms with E-state index in [4.69, 9.17) is 22.1 Å². The summed E-state index contributed by atoms with van der Waals surface area (Å²) in [5.74, 6) is -0.794. The second-order valence-corrected chi connectivity index (χ2v) is 5.37. The van der Waals surface area contributed by atoms with E-state index in [2.05, 4.69) is 0 Å². The van der Waals surface area contributed by atoms with Crippen molar-refractivity contribution < 1.29 is 13.5 Å². The standard InChI is InChI=1S/C16H16ClF2NO/c1-8-4-9(2)15(14(5-8)21-3)16(20)10-6-13(19)11(17)7-12(10)18/h4-7,16H,20H2,1-3H3. The second-order valence-electron chi connectivity index (χ2n) is 4.96. The minimum Gasteiger partial charge on any atom is -0.496 e. The zero-order valence-corrected chi connectivity index (χ0v) is 12.8. The summed E-state index contributed by atoms with van der Waals surface area (Å²) in [6.07, 6.45) is 0. The van der Waals surface area contributed by atoms with Gasteiger partial charge in [0.05, 0.1) is 18.2 Å². The lowest BCUT2D eigenvalue weighted by Crippen LogP contribution is -2.17. The van der Waals surface area contributed by atoms with E-state index >= 15 is 0 Å². The van der Waals surface area contributed by atoms with E-state index in [0.29, 0.717) is 11.3 Å². The lowest BCUT2D eigenvalue weighted by atomic mass is 9.93. The molecule has 0 spiro atoms. The number of rotatable bonds is 3. The van der Waals surface area contributed by atoms with Gasteiger partial charge in [-0.15, -0.1) is 0 Å². The van der Waals surface area contributed by atoms with Crippen LogP contribution in [0.1, 0.15) is 28.3 Å². The first-order chi connectivity index (χ1) is 9.85. The lowest BCUT2D eigenvalue weighted by Gasteiger charge is -2.20. The molecular formula is C16H16ClF2NO. The molecule has 2 rings (SSSR count). The average Bonchev–Trinajstić information content (AvgIpc) is 2.41. The van der Waals surface area contributed by atoms with Crippen molar-refractivity contribution in [3.8, 4) is 5.75 Å². The number of aryl methyl sites for hydroxylation is 2. The average molecular weight is 312 g/mol. The van der Waals surface area contributed by atoms with Crippen LogP contribution >= 0.6 is 11.6 Å². The first-order valence-corrected chi connectivity index (χ1v) is 6.78. The first-order valence-electron chi connectivity index (χ1n) is 6.40. The molecule has 0 saturated heterocycles. The maximum absolute atomic E-state index is 14.0. The minimum absolute atomic E-state index is 0.0437. The molecule has 0 radical (unpaired) electrons. The predicted octanol–water partition coefficient (Wildman–Crippen LogP) is 4.29. The highest BCUT2D eigenvalue weighted by atomic mass is 35.5. The van der Waals surface area contributed by atoms with Gasteiger partial charge in [-0.2, -0.15) is 0 Å².